The van der Waals surface area contributed by atoms with Crippen molar-refractivity contribution in [3.05, 3.63) is 0 Å². The van der Waals surface area contributed by atoms with Crippen LogP contribution in [0, 0.1) is 0 Å². The number of ether oxygens (including phenoxy) is 1. The number of aliphatic hydroxyl groups is 1. The highest BCUT2D eigenvalue weighted by Gasteiger charge is 2.37. The van der Waals surface area contributed by atoms with Crippen molar-refractivity contribution in [3.63, 3.8) is 0 Å². The molecule has 0 amide bonds. The third-order valence-electron chi connectivity index (χ3n) is 2.85. The molecular formula is C9H18N2O4S. The molecule has 16 heavy (non-hydrogen) atoms. The van der Waals surface area contributed by atoms with Gasteiger partial charge in [0, 0.05) is 18.6 Å². The number of hydrogen-bond donors (Lipinski definition) is 2. The highest BCUT2D eigenvalue weighted by Crippen LogP contribution is 2.22. The maximum atomic E-state index is 12.0. The highest BCUT2D eigenvalue weighted by atomic mass is 32.2. The maximum absolute atomic E-state index is 12.0. The van der Waals surface area contributed by atoms with Crippen LogP contribution < -0.4 is 4.72 Å². The van der Waals surface area contributed by atoms with Crippen LogP contribution in [0.15, 0.2) is 0 Å². The molecule has 0 aromatic rings. The molecule has 2 aliphatic rings. The lowest BCUT2D eigenvalue weighted by molar-refractivity contribution is -0.0519. The summed E-state index contributed by atoms with van der Waals surface area (Å²) < 4.78 is 33.3. The molecule has 7 heteroatoms. The minimum absolute atomic E-state index is 0.104. The SMILES string of the molecule is CC1COC(CO)CN1S(=O)(=O)NC1CC1. The van der Waals surface area contributed by atoms with Crippen molar-refractivity contribution in [2.24, 2.45) is 0 Å². The van der Waals surface area contributed by atoms with E-state index >= 15 is 0 Å². The fourth-order valence-corrected chi connectivity index (χ4v) is 3.41. The largest absolute Gasteiger partial charge is 0.394 e. The smallest absolute Gasteiger partial charge is 0.280 e. The van der Waals surface area contributed by atoms with E-state index in [1.807, 2.05) is 0 Å². The molecule has 0 bridgehead atoms. The Balaban J connectivity index is 2.04. The summed E-state index contributed by atoms with van der Waals surface area (Å²) in [6, 6.07) is -0.0772. The number of aliphatic hydroxyl groups excluding tert-OH is 1. The fraction of sp³-hybridized carbons (Fsp3) is 1.00. The average Bonchev–Trinajstić information content (AvgIpc) is 3.01. The third kappa shape index (κ3) is 2.72. The minimum atomic E-state index is -3.42. The Kier molecular flexibility index (Phi) is 3.50. The van der Waals surface area contributed by atoms with Gasteiger partial charge < -0.3 is 9.84 Å². The standard InChI is InChI=1S/C9H18N2O4S/c1-7-6-15-9(5-12)4-11(7)16(13,14)10-8-2-3-8/h7-10,12H,2-6H2,1H3. The summed E-state index contributed by atoms with van der Waals surface area (Å²) in [7, 11) is -3.42. The van der Waals surface area contributed by atoms with Gasteiger partial charge in [0.1, 0.15) is 0 Å². The molecule has 1 saturated heterocycles. The maximum Gasteiger partial charge on any atom is 0.280 e. The van der Waals surface area contributed by atoms with Crippen LogP contribution >= 0.6 is 0 Å². The van der Waals surface area contributed by atoms with Crippen LogP contribution in [0.2, 0.25) is 0 Å². The second-order valence-corrected chi connectivity index (χ2v) is 6.11. The predicted molar refractivity (Wildman–Crippen MR) is 58.1 cm³/mol. The lowest BCUT2D eigenvalue weighted by Crippen LogP contribution is -2.55. The van der Waals surface area contributed by atoms with Crippen LogP contribution in [0.4, 0.5) is 0 Å². The van der Waals surface area contributed by atoms with Crippen LogP contribution in [0.3, 0.4) is 0 Å². The molecule has 2 atom stereocenters. The van der Waals surface area contributed by atoms with E-state index in [2.05, 4.69) is 4.72 Å². The van der Waals surface area contributed by atoms with Crippen molar-refractivity contribution >= 4 is 10.2 Å². The van der Waals surface area contributed by atoms with Gasteiger partial charge >= 0.3 is 0 Å². The van der Waals surface area contributed by atoms with Crippen molar-refractivity contribution < 1.29 is 18.3 Å². The molecule has 0 aromatic heterocycles. The molecule has 2 fully saturated rings. The predicted octanol–water partition coefficient (Wildman–Crippen LogP) is -0.935. The topological polar surface area (TPSA) is 78.9 Å². The molecule has 0 radical (unpaired) electrons. The van der Waals surface area contributed by atoms with Gasteiger partial charge in [0.25, 0.3) is 10.2 Å². The van der Waals surface area contributed by atoms with E-state index in [9.17, 15) is 8.42 Å². The van der Waals surface area contributed by atoms with Crippen LogP contribution in [-0.2, 0) is 14.9 Å². The first-order chi connectivity index (χ1) is 7.53. The average molecular weight is 250 g/mol. The Morgan fingerprint density at radius 2 is 2.19 bits per heavy atom. The van der Waals surface area contributed by atoms with Crippen molar-refractivity contribution in [1.29, 1.82) is 0 Å². The van der Waals surface area contributed by atoms with Crippen molar-refractivity contribution in [3.8, 4) is 0 Å². The molecular weight excluding hydrogens is 232 g/mol. The molecule has 1 heterocycles. The summed E-state index contributed by atoms with van der Waals surface area (Å²) in [4.78, 5) is 0. The molecule has 2 unspecified atom stereocenters. The molecule has 0 aromatic carbocycles. The monoisotopic (exact) mass is 250 g/mol. The Morgan fingerprint density at radius 3 is 2.75 bits per heavy atom. The first-order valence-corrected chi connectivity index (χ1v) is 6.98. The number of nitrogens with zero attached hydrogens (tertiary/aromatic N) is 1. The Bertz CT molecular complexity index is 341. The zero-order valence-corrected chi connectivity index (χ0v) is 10.1. The Morgan fingerprint density at radius 1 is 1.50 bits per heavy atom. The fourth-order valence-electron chi connectivity index (χ4n) is 1.72. The quantitative estimate of drug-likeness (QED) is 0.675. The third-order valence-corrected chi connectivity index (χ3v) is 4.61. The van der Waals surface area contributed by atoms with Crippen molar-refractivity contribution in [1.82, 2.24) is 9.03 Å². The summed E-state index contributed by atoms with van der Waals surface area (Å²) in [5.74, 6) is 0. The second-order valence-electron chi connectivity index (χ2n) is 4.45. The van der Waals surface area contributed by atoms with Crippen molar-refractivity contribution in [2.75, 3.05) is 19.8 Å². The molecule has 6 nitrogen and oxygen atoms in total. The van der Waals surface area contributed by atoms with Crippen LogP contribution in [0.25, 0.3) is 0 Å². The first-order valence-electron chi connectivity index (χ1n) is 5.54. The zero-order chi connectivity index (χ0) is 11.8. The lowest BCUT2D eigenvalue weighted by Gasteiger charge is -2.36. The highest BCUT2D eigenvalue weighted by molar-refractivity contribution is 7.87. The minimum Gasteiger partial charge on any atom is -0.394 e. The molecule has 1 aliphatic heterocycles. The van der Waals surface area contributed by atoms with Gasteiger partial charge in [0.15, 0.2) is 0 Å². The summed E-state index contributed by atoms with van der Waals surface area (Å²) in [5.41, 5.74) is 0. The molecule has 1 saturated carbocycles. The van der Waals surface area contributed by atoms with Crippen molar-refractivity contribution in [2.45, 2.75) is 38.0 Å². The number of rotatable bonds is 4. The van der Waals surface area contributed by atoms with Crippen LogP contribution in [-0.4, -0.2) is 55.8 Å². The Hall–Kier alpha value is -0.210. The molecule has 1 aliphatic carbocycles. The lowest BCUT2D eigenvalue weighted by atomic mass is 10.2. The molecule has 2 N–H and O–H groups in total. The summed E-state index contributed by atoms with van der Waals surface area (Å²) in [6.45, 7) is 2.21. The van der Waals surface area contributed by atoms with Gasteiger partial charge in [0.2, 0.25) is 0 Å². The van der Waals surface area contributed by atoms with Gasteiger partial charge in [0.05, 0.1) is 19.3 Å². The first kappa shape index (κ1) is 12.3. The number of morpholine rings is 1. The number of nitrogens with one attached hydrogen (secondary N) is 1. The van der Waals surface area contributed by atoms with Gasteiger partial charge in [-0.1, -0.05) is 0 Å². The van der Waals surface area contributed by atoms with E-state index in [0.29, 0.717) is 6.61 Å². The van der Waals surface area contributed by atoms with E-state index in [-0.39, 0.29) is 25.2 Å². The van der Waals surface area contributed by atoms with Gasteiger partial charge in [-0.2, -0.15) is 17.4 Å². The van der Waals surface area contributed by atoms with Gasteiger partial charge in [-0.05, 0) is 19.8 Å². The van der Waals surface area contributed by atoms with Gasteiger partial charge in [-0.25, -0.2) is 0 Å². The van der Waals surface area contributed by atoms with Crippen LogP contribution in [0.5, 0.6) is 0 Å². The normalized spacial score (nSPS) is 32.9. The van der Waals surface area contributed by atoms with E-state index in [0.717, 1.165) is 12.8 Å². The van der Waals surface area contributed by atoms with Gasteiger partial charge in [-0.3, -0.25) is 0 Å². The van der Waals surface area contributed by atoms with E-state index in [1.54, 1.807) is 6.92 Å². The molecule has 2 rings (SSSR count). The second kappa shape index (κ2) is 4.58. The summed E-state index contributed by atoms with van der Waals surface area (Å²) >= 11 is 0. The molecule has 94 valence electrons. The van der Waals surface area contributed by atoms with Crippen LogP contribution in [0.1, 0.15) is 19.8 Å². The Labute approximate surface area is 95.8 Å². The van der Waals surface area contributed by atoms with E-state index < -0.39 is 16.3 Å². The van der Waals surface area contributed by atoms with E-state index in [4.69, 9.17) is 9.84 Å². The number of hydrogen-bond acceptors (Lipinski definition) is 4. The summed E-state index contributed by atoms with van der Waals surface area (Å²) in [5, 5.41) is 8.99. The van der Waals surface area contributed by atoms with Gasteiger partial charge in [-0.15, -0.1) is 0 Å². The zero-order valence-electron chi connectivity index (χ0n) is 9.30. The molecule has 0 spiro atoms. The van der Waals surface area contributed by atoms with E-state index in [1.165, 1.54) is 4.31 Å². The summed E-state index contributed by atoms with van der Waals surface area (Å²) in [6.07, 6.45) is 1.43.